The van der Waals surface area contributed by atoms with Crippen LogP contribution in [0.1, 0.15) is 23.0 Å². The van der Waals surface area contributed by atoms with Crippen LogP contribution < -0.4 is 4.74 Å². The van der Waals surface area contributed by atoms with Crippen molar-refractivity contribution >= 4 is 9.84 Å². The van der Waals surface area contributed by atoms with E-state index < -0.39 is 34.9 Å². The average molecular weight is 634 g/mol. The van der Waals surface area contributed by atoms with Crippen molar-refractivity contribution in [3.63, 3.8) is 0 Å². The Balaban J connectivity index is 1.74. The van der Waals surface area contributed by atoms with Crippen LogP contribution in [-0.4, -0.2) is 40.9 Å². The smallest absolute Gasteiger partial charge is 0.434 e. The molecule has 2 heterocycles. The van der Waals surface area contributed by atoms with Crippen LogP contribution in [0.3, 0.4) is 0 Å². The molecule has 0 amide bonds. The zero-order valence-corrected chi connectivity index (χ0v) is 24.2. The van der Waals surface area contributed by atoms with E-state index in [1.54, 1.807) is 31.2 Å². The lowest BCUT2D eigenvalue weighted by atomic mass is 9.97. The molecule has 230 valence electrons. The maximum absolute atomic E-state index is 13.6. The SMILES string of the molecule is Cc1nc(-c2ccc(OC(F)F)cc2)c(-c2cc(-c3ccc(CO)c(S(C)(=O)=O)c3)ccc2-n2cc(C(F)(F)F)nc2C)o1. The van der Waals surface area contributed by atoms with E-state index in [0.29, 0.717) is 16.7 Å². The summed E-state index contributed by atoms with van der Waals surface area (Å²) >= 11 is 0. The van der Waals surface area contributed by atoms with Crippen LogP contribution in [-0.2, 0) is 22.6 Å². The Bertz CT molecular complexity index is 1950. The number of alkyl halides is 5. The van der Waals surface area contributed by atoms with Crippen molar-refractivity contribution in [1.82, 2.24) is 14.5 Å². The molecule has 0 aliphatic carbocycles. The second-order valence-electron chi connectivity index (χ2n) is 9.84. The fourth-order valence-corrected chi connectivity index (χ4v) is 5.72. The highest BCUT2D eigenvalue weighted by atomic mass is 32.2. The molecule has 14 heteroatoms. The first-order valence-electron chi connectivity index (χ1n) is 12.9. The van der Waals surface area contributed by atoms with Crippen molar-refractivity contribution in [3.05, 3.63) is 89.8 Å². The van der Waals surface area contributed by atoms with E-state index in [4.69, 9.17) is 4.42 Å². The summed E-state index contributed by atoms with van der Waals surface area (Å²) in [6, 6.07) is 14.8. The van der Waals surface area contributed by atoms with E-state index in [1.165, 1.54) is 47.9 Å². The van der Waals surface area contributed by atoms with Crippen molar-refractivity contribution in [2.75, 3.05) is 6.26 Å². The summed E-state index contributed by atoms with van der Waals surface area (Å²) in [6.45, 7) is -0.546. The van der Waals surface area contributed by atoms with Crippen molar-refractivity contribution < 1.29 is 44.6 Å². The molecule has 0 bridgehead atoms. The normalized spacial score (nSPS) is 12.2. The predicted molar refractivity (Wildman–Crippen MR) is 150 cm³/mol. The van der Waals surface area contributed by atoms with E-state index in [9.17, 15) is 35.5 Å². The minimum Gasteiger partial charge on any atom is -0.440 e. The van der Waals surface area contributed by atoms with Gasteiger partial charge in [-0.2, -0.15) is 22.0 Å². The molecule has 1 N–H and O–H groups in total. The maximum Gasteiger partial charge on any atom is 0.434 e. The highest BCUT2D eigenvalue weighted by Gasteiger charge is 2.35. The van der Waals surface area contributed by atoms with Gasteiger partial charge in [0.05, 0.1) is 17.2 Å². The van der Waals surface area contributed by atoms with Crippen LogP contribution in [0.15, 0.2) is 76.2 Å². The number of oxazole rings is 1. The van der Waals surface area contributed by atoms with Gasteiger partial charge in [0, 0.05) is 30.5 Å². The summed E-state index contributed by atoms with van der Waals surface area (Å²) in [5.74, 6) is 0.308. The molecule has 0 fully saturated rings. The quantitative estimate of drug-likeness (QED) is 0.184. The molecule has 8 nitrogen and oxygen atoms in total. The van der Waals surface area contributed by atoms with Gasteiger partial charge in [-0.15, -0.1) is 0 Å². The molecule has 0 radical (unpaired) electrons. The van der Waals surface area contributed by atoms with Crippen LogP contribution in [0.2, 0.25) is 0 Å². The fraction of sp³-hybridized carbons (Fsp3) is 0.200. The molecule has 0 saturated heterocycles. The summed E-state index contributed by atoms with van der Waals surface area (Å²) in [5.41, 5.74) is 1.27. The Morgan fingerprint density at radius 3 is 2.18 bits per heavy atom. The lowest BCUT2D eigenvalue weighted by molar-refractivity contribution is -0.141. The van der Waals surface area contributed by atoms with Gasteiger partial charge in [0.25, 0.3) is 0 Å². The highest BCUT2D eigenvalue weighted by molar-refractivity contribution is 7.90. The number of nitrogens with zero attached hydrogens (tertiary/aromatic N) is 3. The molecule has 44 heavy (non-hydrogen) atoms. The molecule has 0 spiro atoms. The molecular weight excluding hydrogens is 609 g/mol. The zero-order valence-electron chi connectivity index (χ0n) is 23.4. The van der Waals surface area contributed by atoms with Crippen molar-refractivity contribution in [2.45, 2.75) is 38.1 Å². The molecule has 0 aliphatic heterocycles. The molecule has 5 aromatic rings. The summed E-state index contributed by atoms with van der Waals surface area (Å²) in [4.78, 5) is 8.05. The number of ether oxygens (including phenoxy) is 1. The molecule has 2 aromatic heterocycles. The number of rotatable bonds is 8. The predicted octanol–water partition coefficient (Wildman–Crippen LogP) is 6.99. The molecule has 0 aliphatic rings. The van der Waals surface area contributed by atoms with Crippen molar-refractivity contribution in [1.29, 1.82) is 0 Å². The number of imidazole rings is 1. The first-order chi connectivity index (χ1) is 20.7. The second-order valence-corrected chi connectivity index (χ2v) is 11.8. The van der Waals surface area contributed by atoms with E-state index in [-0.39, 0.29) is 50.6 Å². The van der Waals surface area contributed by atoms with Gasteiger partial charge in [0.1, 0.15) is 17.3 Å². The van der Waals surface area contributed by atoms with Crippen LogP contribution >= 0.6 is 0 Å². The van der Waals surface area contributed by atoms with Crippen molar-refractivity contribution in [2.24, 2.45) is 0 Å². The Kier molecular flexibility index (Phi) is 8.07. The Morgan fingerprint density at radius 2 is 1.59 bits per heavy atom. The highest BCUT2D eigenvalue weighted by Crippen LogP contribution is 2.40. The number of benzene rings is 3. The number of aliphatic hydroxyl groups excluding tert-OH is 1. The molecular formula is C30H24F5N3O5S. The minimum atomic E-state index is -4.71. The average Bonchev–Trinajstić information content (AvgIpc) is 3.54. The monoisotopic (exact) mass is 633 g/mol. The van der Waals surface area contributed by atoms with Gasteiger partial charge in [-0.1, -0.05) is 18.2 Å². The van der Waals surface area contributed by atoms with Gasteiger partial charge in [0.15, 0.2) is 27.2 Å². The number of aryl methyl sites for hydroxylation is 2. The van der Waals surface area contributed by atoms with Crippen LogP contribution in [0, 0.1) is 13.8 Å². The van der Waals surface area contributed by atoms with E-state index >= 15 is 0 Å². The summed E-state index contributed by atoms with van der Waals surface area (Å²) in [5, 5.41) is 9.67. The largest absolute Gasteiger partial charge is 0.440 e. The standard InChI is InChI=1S/C30H24F5N3O5S/c1-16-36-26(30(33,34)35)14-38(16)24-11-8-19(20-4-5-21(15-39)25(13-20)44(3,40)41)12-23(24)28-27(37-17(2)42-28)18-6-9-22(10-7-18)43-29(31)32/h4-14,29,39H,15H2,1-3H3. The molecule has 5 rings (SSSR count). The summed E-state index contributed by atoms with van der Waals surface area (Å²) < 4.78 is 103. The Labute approximate surface area is 248 Å². The molecule has 0 atom stereocenters. The number of hydrogen-bond acceptors (Lipinski definition) is 7. The second kappa shape index (κ2) is 11.5. The van der Waals surface area contributed by atoms with Gasteiger partial charge >= 0.3 is 12.8 Å². The third-order valence-corrected chi connectivity index (χ3v) is 7.91. The number of sulfone groups is 1. The van der Waals surface area contributed by atoms with E-state index in [1.807, 2.05) is 0 Å². The first-order valence-corrected chi connectivity index (χ1v) is 14.8. The van der Waals surface area contributed by atoms with Gasteiger partial charge in [0.2, 0.25) is 0 Å². The van der Waals surface area contributed by atoms with Gasteiger partial charge in [-0.3, -0.25) is 0 Å². The number of hydrogen-bond donors (Lipinski definition) is 1. The number of aliphatic hydroxyl groups is 1. The zero-order chi connectivity index (χ0) is 32.0. The van der Waals surface area contributed by atoms with E-state index in [2.05, 4.69) is 14.7 Å². The lowest BCUT2D eigenvalue weighted by Crippen LogP contribution is -2.05. The van der Waals surface area contributed by atoms with E-state index in [0.717, 1.165) is 12.5 Å². The number of aromatic nitrogens is 3. The molecule has 0 saturated carbocycles. The van der Waals surface area contributed by atoms with Gasteiger partial charge in [-0.05, 0) is 66.1 Å². The lowest BCUT2D eigenvalue weighted by Gasteiger charge is -2.15. The van der Waals surface area contributed by atoms with Crippen LogP contribution in [0.25, 0.3) is 39.4 Å². The van der Waals surface area contributed by atoms with Crippen LogP contribution in [0.4, 0.5) is 22.0 Å². The topological polar surface area (TPSA) is 107 Å². The third kappa shape index (κ3) is 6.21. The molecule has 0 unspecified atom stereocenters. The van der Waals surface area contributed by atoms with Gasteiger partial charge < -0.3 is 18.8 Å². The first kappa shape index (κ1) is 30.9. The Morgan fingerprint density at radius 1 is 0.955 bits per heavy atom. The minimum absolute atomic E-state index is 0.0317. The number of halogens is 5. The van der Waals surface area contributed by atoms with Crippen molar-refractivity contribution in [3.8, 4) is 45.1 Å². The summed E-state index contributed by atoms with van der Waals surface area (Å²) in [7, 11) is -3.72. The van der Waals surface area contributed by atoms with Gasteiger partial charge in [-0.25, -0.2) is 18.4 Å². The third-order valence-electron chi connectivity index (χ3n) is 6.73. The maximum atomic E-state index is 13.6. The molecule has 3 aromatic carbocycles. The summed E-state index contributed by atoms with van der Waals surface area (Å²) in [6.07, 6.45) is -2.84. The van der Waals surface area contributed by atoms with Crippen LogP contribution in [0.5, 0.6) is 5.75 Å². The Hall–Kier alpha value is -4.56. The fourth-order valence-electron chi connectivity index (χ4n) is 4.77.